The van der Waals surface area contributed by atoms with Gasteiger partial charge in [-0.2, -0.15) is 0 Å². The van der Waals surface area contributed by atoms with Gasteiger partial charge in [-0.25, -0.2) is 24.8 Å². The molecule has 0 aliphatic heterocycles. The van der Waals surface area contributed by atoms with Gasteiger partial charge in [0.15, 0.2) is 23.8 Å². The van der Waals surface area contributed by atoms with Crippen LogP contribution in [0.15, 0.2) is 117 Å². The third-order valence-corrected chi connectivity index (χ3v) is 11.0. The Kier molecular flexibility index (Phi) is 19.0. The minimum absolute atomic E-state index is 0.0475. The maximum atomic E-state index is 14.9. The fourth-order valence-electron chi connectivity index (χ4n) is 7.70. The van der Waals surface area contributed by atoms with E-state index in [4.69, 9.17) is 51.6 Å². The van der Waals surface area contributed by atoms with Crippen molar-refractivity contribution >= 4 is 104 Å². The highest BCUT2D eigenvalue weighted by Crippen LogP contribution is 2.40. The van der Waals surface area contributed by atoms with Crippen molar-refractivity contribution in [1.29, 1.82) is 0 Å². The number of primary amides is 1. The Morgan fingerprint density at radius 3 is 1.47 bits per heavy atom. The lowest BCUT2D eigenvalue weighted by atomic mass is 9.96. The molecule has 0 aromatic heterocycles. The van der Waals surface area contributed by atoms with Gasteiger partial charge >= 0.3 is 5.97 Å². The van der Waals surface area contributed by atoms with Gasteiger partial charge in [0.05, 0.1) is 28.1 Å². The standard InChI is InChI=1S/C45H51N21O13/c46-31(68)32(60-42(47)48)56-38(71)34(62-44(51)52)58-40(73)35(63-45(53)54)59-39(72)33(61-43(49)50)57-37(70)29(19-8-2-1-3-9-19)55-36(69)28(18-67)64(30-26(41(74)75)15-22(65(76)77)16-27(30)66(78)79)17-21-14-20-10-4-5-11-23(20)25-13-7-6-12-24(21)25/h1-16,28-29,32-35,67H,17-18H2,(H2,46,68)(H,55,69)(H,56,71)(H,57,70)(H,58,73)(H,59,72)(H,74,75)(H4,47,48,60)(H4,49,50,61)(H4,51,52,62)(H4,53,54,63). The van der Waals surface area contributed by atoms with Crippen LogP contribution in [0.5, 0.6) is 0 Å². The van der Waals surface area contributed by atoms with Gasteiger partial charge in [0.1, 0.15) is 17.8 Å². The molecule has 0 aliphatic carbocycles. The summed E-state index contributed by atoms with van der Waals surface area (Å²) in [7, 11) is 0. The number of anilines is 1. The van der Waals surface area contributed by atoms with Crippen LogP contribution in [0.3, 0.4) is 0 Å². The van der Waals surface area contributed by atoms with E-state index in [1.54, 1.807) is 48.5 Å². The molecule has 79 heavy (non-hydrogen) atoms. The molecular formula is C45H51N21O13. The molecule has 0 aliphatic rings. The smallest absolute Gasteiger partial charge is 0.338 e. The Balaban J connectivity index is 1.57. The number of fused-ring (bicyclic) bond motifs is 3. The lowest BCUT2D eigenvalue weighted by Crippen LogP contribution is -2.58. The predicted molar refractivity (Wildman–Crippen MR) is 283 cm³/mol. The number of nitro groups is 2. The van der Waals surface area contributed by atoms with Crippen molar-refractivity contribution in [2.24, 2.45) is 71.6 Å². The second kappa shape index (κ2) is 25.7. The molecule has 0 bridgehead atoms. The molecule has 6 amide bonds. The topological polar surface area (TPSA) is 593 Å². The van der Waals surface area contributed by atoms with Crippen LogP contribution in [0, 0.1) is 20.2 Å². The van der Waals surface area contributed by atoms with Crippen molar-refractivity contribution in [2.75, 3.05) is 11.5 Å². The number of carbonyl (C=O) groups is 7. The van der Waals surface area contributed by atoms with Crippen LogP contribution in [0.1, 0.15) is 27.5 Å². The third-order valence-electron chi connectivity index (χ3n) is 11.0. The van der Waals surface area contributed by atoms with E-state index in [0.717, 1.165) is 10.3 Å². The van der Waals surface area contributed by atoms with E-state index >= 15 is 0 Å². The highest BCUT2D eigenvalue weighted by atomic mass is 16.6. The van der Waals surface area contributed by atoms with Crippen molar-refractivity contribution < 1.29 is 53.6 Å². The highest BCUT2D eigenvalue weighted by Gasteiger charge is 2.39. The molecule has 34 nitrogen and oxygen atoms in total. The fraction of sp³-hybridized carbons (Fsp3) is 0.178. The summed E-state index contributed by atoms with van der Waals surface area (Å²) in [6, 6.07) is 19.5. The number of aliphatic hydroxyl groups excluding tert-OH is 1. The monoisotopic (exact) mass is 1090 g/mol. The van der Waals surface area contributed by atoms with Crippen LogP contribution in [0.2, 0.25) is 0 Å². The Morgan fingerprint density at radius 1 is 0.544 bits per heavy atom. The van der Waals surface area contributed by atoms with Crippen LogP contribution in [0.4, 0.5) is 17.1 Å². The number of aromatic carboxylic acids is 1. The molecule has 25 N–H and O–H groups in total. The molecule has 6 atom stereocenters. The van der Waals surface area contributed by atoms with Gasteiger partial charge in [-0.15, -0.1) is 0 Å². The first-order chi connectivity index (χ1) is 37.3. The summed E-state index contributed by atoms with van der Waals surface area (Å²) in [5, 5.41) is 59.6. The summed E-state index contributed by atoms with van der Waals surface area (Å²) >= 11 is 0. The number of hydrogen-bond donors (Lipinski definition) is 16. The van der Waals surface area contributed by atoms with Gasteiger partial charge in [-0.3, -0.25) is 49.0 Å². The van der Waals surface area contributed by atoms with Gasteiger partial charge < -0.3 is 93.3 Å². The van der Waals surface area contributed by atoms with E-state index < -0.39 is 148 Å². The van der Waals surface area contributed by atoms with Gasteiger partial charge in [0.2, 0.25) is 36.5 Å². The van der Waals surface area contributed by atoms with Gasteiger partial charge in [-0.1, -0.05) is 78.9 Å². The third kappa shape index (κ3) is 14.9. The highest BCUT2D eigenvalue weighted by molar-refractivity contribution is 6.09. The SMILES string of the molecule is NC(=O)C(N=C(N)N)NC(=O)C(N=C(N)N)NC(=O)C(N=C(N)N)NC(=O)C(N=C(N)N)NC(=O)C(NC(=O)C(CO)N(Cc1cc2ccccc2c2ccccc12)c1c(C(=O)O)cc([N+](=O)[O-])cc1[N+](=O)[O-])c1ccccc1. The summed E-state index contributed by atoms with van der Waals surface area (Å²) in [6.07, 6.45) is -8.61. The molecule has 0 saturated heterocycles. The zero-order valence-electron chi connectivity index (χ0n) is 40.8. The average molecular weight is 1090 g/mol. The lowest BCUT2D eigenvalue weighted by Gasteiger charge is -2.34. The van der Waals surface area contributed by atoms with Crippen LogP contribution < -0.4 is 83.1 Å². The number of carbonyl (C=O) groups excluding carboxylic acids is 6. The van der Waals surface area contributed by atoms with Crippen molar-refractivity contribution in [3.63, 3.8) is 0 Å². The van der Waals surface area contributed by atoms with Gasteiger partial charge in [-0.05, 0) is 38.7 Å². The van der Waals surface area contributed by atoms with E-state index in [-0.39, 0.29) is 5.56 Å². The first-order valence-corrected chi connectivity index (χ1v) is 22.5. The van der Waals surface area contributed by atoms with Crippen molar-refractivity contribution in [2.45, 2.75) is 43.3 Å². The molecule has 414 valence electrons. The number of aliphatic imine (C=N–C) groups is 4. The number of amides is 6. The van der Waals surface area contributed by atoms with E-state index in [0.29, 0.717) is 33.9 Å². The summed E-state index contributed by atoms with van der Waals surface area (Å²) in [5.74, 6) is -13.4. The zero-order chi connectivity index (χ0) is 58.4. The van der Waals surface area contributed by atoms with Crippen LogP contribution in [-0.4, -0.2) is 123 Å². The lowest BCUT2D eigenvalue weighted by molar-refractivity contribution is -0.393. The number of aliphatic hydroxyl groups is 1. The van der Waals surface area contributed by atoms with Crippen LogP contribution in [0.25, 0.3) is 21.5 Å². The number of carboxylic acid groups (broad SMARTS) is 1. The summed E-state index contributed by atoms with van der Waals surface area (Å²) in [5.41, 5.74) is 45.2. The predicted octanol–water partition coefficient (Wildman–Crippen LogP) is -4.92. The Labute approximate surface area is 443 Å². The van der Waals surface area contributed by atoms with E-state index in [2.05, 4.69) is 30.6 Å². The maximum Gasteiger partial charge on any atom is 0.338 e. The van der Waals surface area contributed by atoms with Gasteiger partial charge in [0.25, 0.3) is 35.0 Å². The molecule has 0 radical (unpaired) electrons. The van der Waals surface area contributed by atoms with E-state index in [9.17, 15) is 64.0 Å². The molecule has 0 spiro atoms. The maximum absolute atomic E-state index is 14.9. The van der Waals surface area contributed by atoms with Crippen LogP contribution in [-0.2, 0) is 35.3 Å². The number of non-ortho nitro benzene ring substituents is 1. The Morgan fingerprint density at radius 2 is 1.00 bits per heavy atom. The van der Waals surface area contributed by atoms with Crippen molar-refractivity contribution in [1.82, 2.24) is 26.6 Å². The molecule has 0 saturated carbocycles. The van der Waals surface area contributed by atoms with Gasteiger partial charge in [0, 0.05) is 12.6 Å². The number of hydrogen-bond acceptors (Lipinski definition) is 17. The number of nitrogens with one attached hydrogen (secondary N) is 5. The van der Waals surface area contributed by atoms with Crippen molar-refractivity contribution in [3.05, 3.63) is 134 Å². The normalized spacial score (nSPS) is 13.0. The molecule has 5 rings (SSSR count). The number of nitrogens with two attached hydrogens (primary N) is 9. The molecule has 5 aromatic carbocycles. The number of carboxylic acids is 1. The molecule has 34 heteroatoms. The number of rotatable bonds is 24. The summed E-state index contributed by atoms with van der Waals surface area (Å²) in [6.45, 7) is -1.87. The van der Waals surface area contributed by atoms with E-state index in [1.165, 1.54) is 30.3 Å². The first-order valence-electron chi connectivity index (χ1n) is 22.5. The molecule has 5 aromatic rings. The largest absolute Gasteiger partial charge is 0.478 e. The quantitative estimate of drug-likeness (QED) is 0.00905. The minimum atomic E-state index is -2.27. The van der Waals surface area contributed by atoms with Crippen LogP contribution >= 0.6 is 0 Å². The summed E-state index contributed by atoms with van der Waals surface area (Å²) < 4.78 is 0. The number of nitrogens with zero attached hydrogens (tertiary/aromatic N) is 7. The Hall–Kier alpha value is -11.5. The second-order valence-electron chi connectivity index (χ2n) is 16.4. The number of nitro benzene ring substituents is 2. The molecular weight excluding hydrogens is 1040 g/mol. The second-order valence-corrected chi connectivity index (χ2v) is 16.4. The van der Waals surface area contributed by atoms with Crippen molar-refractivity contribution in [3.8, 4) is 0 Å². The number of benzene rings is 5. The first kappa shape index (κ1) is 58.4. The zero-order valence-corrected chi connectivity index (χ0v) is 40.8. The summed E-state index contributed by atoms with van der Waals surface area (Å²) in [4.78, 5) is 133. The molecule has 6 unspecified atom stereocenters. The molecule has 0 heterocycles. The molecule has 0 fully saturated rings. The average Bonchev–Trinajstić information content (AvgIpc) is 3.47. The Bertz CT molecular complexity index is 3310. The number of guanidine groups is 4. The fourth-order valence-corrected chi connectivity index (χ4v) is 7.70. The van der Waals surface area contributed by atoms with E-state index in [1.807, 2.05) is 22.0 Å². The minimum Gasteiger partial charge on any atom is -0.478 e.